The first-order valence-corrected chi connectivity index (χ1v) is 6.92. The fraction of sp³-hybridized carbons (Fsp3) is 0.438. The van der Waals surface area contributed by atoms with E-state index in [2.05, 4.69) is 4.99 Å². The second-order valence-corrected chi connectivity index (χ2v) is 5.14. The van der Waals surface area contributed by atoms with Crippen molar-refractivity contribution in [1.82, 2.24) is 0 Å². The molecule has 0 bridgehead atoms. The standard InChI is InChI=1S/C16H19NO4/c1-4-21-14(18)12-10-16(2,15(19)20-3)17-13(12)11-8-6-5-7-9-11/h5-9,12H,4,10H2,1-3H3/t12-,16-/m0/s1. The normalized spacial score (nSPS) is 24.3. The molecule has 1 aromatic rings. The minimum Gasteiger partial charge on any atom is -0.467 e. The highest BCUT2D eigenvalue weighted by Gasteiger charge is 2.47. The summed E-state index contributed by atoms with van der Waals surface area (Å²) in [7, 11) is 1.32. The van der Waals surface area contributed by atoms with Crippen LogP contribution in [0.2, 0.25) is 0 Å². The Kier molecular flexibility index (Phi) is 4.40. The van der Waals surface area contributed by atoms with Crippen LogP contribution in [0.4, 0.5) is 0 Å². The van der Waals surface area contributed by atoms with Gasteiger partial charge < -0.3 is 9.47 Å². The van der Waals surface area contributed by atoms with Crippen LogP contribution in [-0.4, -0.2) is 36.9 Å². The summed E-state index contributed by atoms with van der Waals surface area (Å²) in [6.07, 6.45) is 0.267. The van der Waals surface area contributed by atoms with E-state index >= 15 is 0 Å². The third-order valence-electron chi connectivity index (χ3n) is 3.56. The minimum absolute atomic E-state index is 0.267. The molecule has 1 aliphatic heterocycles. The Labute approximate surface area is 124 Å². The quantitative estimate of drug-likeness (QED) is 0.795. The number of hydrogen-bond donors (Lipinski definition) is 0. The molecule has 2 atom stereocenters. The molecule has 0 aromatic heterocycles. The maximum Gasteiger partial charge on any atom is 0.333 e. The van der Waals surface area contributed by atoms with E-state index in [0.29, 0.717) is 12.3 Å². The Morgan fingerprint density at radius 2 is 2.00 bits per heavy atom. The minimum atomic E-state index is -1.04. The van der Waals surface area contributed by atoms with Crippen molar-refractivity contribution in [1.29, 1.82) is 0 Å². The third kappa shape index (κ3) is 2.96. The number of hydrogen-bond acceptors (Lipinski definition) is 5. The molecule has 0 unspecified atom stereocenters. The summed E-state index contributed by atoms with van der Waals surface area (Å²) < 4.78 is 9.92. The van der Waals surface area contributed by atoms with Gasteiger partial charge in [0.1, 0.15) is 5.92 Å². The molecule has 1 aromatic carbocycles. The number of nitrogens with zero attached hydrogens (tertiary/aromatic N) is 1. The van der Waals surface area contributed by atoms with E-state index in [9.17, 15) is 9.59 Å². The zero-order chi connectivity index (χ0) is 15.5. The lowest BCUT2D eigenvalue weighted by Gasteiger charge is -2.18. The van der Waals surface area contributed by atoms with Gasteiger partial charge in [-0.1, -0.05) is 30.3 Å². The molecule has 5 nitrogen and oxygen atoms in total. The van der Waals surface area contributed by atoms with Gasteiger partial charge in [0, 0.05) is 6.42 Å². The largest absolute Gasteiger partial charge is 0.467 e. The molecule has 1 aliphatic rings. The van der Waals surface area contributed by atoms with Crippen molar-refractivity contribution in [2.24, 2.45) is 10.9 Å². The smallest absolute Gasteiger partial charge is 0.333 e. The SMILES string of the molecule is CCOC(=O)[C@H]1C[C@@](C)(C(=O)OC)N=C1c1ccccc1. The van der Waals surface area contributed by atoms with E-state index in [4.69, 9.17) is 9.47 Å². The summed E-state index contributed by atoms with van der Waals surface area (Å²) in [5.74, 6) is -1.34. The molecule has 2 rings (SSSR count). The van der Waals surface area contributed by atoms with Crippen LogP contribution in [0.1, 0.15) is 25.8 Å². The molecule has 0 radical (unpaired) electrons. The summed E-state index contributed by atoms with van der Waals surface area (Å²) in [6.45, 7) is 3.74. The molecule has 0 amide bonds. The second kappa shape index (κ2) is 6.08. The topological polar surface area (TPSA) is 65.0 Å². The third-order valence-corrected chi connectivity index (χ3v) is 3.56. The molecular weight excluding hydrogens is 270 g/mol. The number of rotatable bonds is 4. The van der Waals surface area contributed by atoms with Crippen LogP contribution in [0.3, 0.4) is 0 Å². The fourth-order valence-corrected chi connectivity index (χ4v) is 2.54. The van der Waals surface area contributed by atoms with Crippen LogP contribution in [0, 0.1) is 5.92 Å². The summed E-state index contributed by atoms with van der Waals surface area (Å²) in [4.78, 5) is 28.6. The molecule has 0 saturated heterocycles. The molecule has 21 heavy (non-hydrogen) atoms. The molecule has 5 heteroatoms. The number of ether oxygens (including phenoxy) is 2. The lowest BCUT2D eigenvalue weighted by atomic mass is 9.89. The van der Waals surface area contributed by atoms with Crippen LogP contribution >= 0.6 is 0 Å². The number of methoxy groups -OCH3 is 1. The Morgan fingerprint density at radius 1 is 1.33 bits per heavy atom. The van der Waals surface area contributed by atoms with Gasteiger partial charge in [-0.25, -0.2) is 4.79 Å². The van der Waals surface area contributed by atoms with Crippen LogP contribution in [0.15, 0.2) is 35.3 Å². The van der Waals surface area contributed by atoms with E-state index < -0.39 is 17.4 Å². The van der Waals surface area contributed by atoms with Crippen molar-refractivity contribution in [3.8, 4) is 0 Å². The highest BCUT2D eigenvalue weighted by Crippen LogP contribution is 2.34. The molecule has 0 saturated carbocycles. The van der Waals surface area contributed by atoms with E-state index in [1.807, 2.05) is 30.3 Å². The maximum atomic E-state index is 12.2. The van der Waals surface area contributed by atoms with Crippen molar-refractivity contribution in [3.05, 3.63) is 35.9 Å². The van der Waals surface area contributed by atoms with Gasteiger partial charge in [-0.2, -0.15) is 0 Å². The van der Waals surface area contributed by atoms with Crippen molar-refractivity contribution in [2.75, 3.05) is 13.7 Å². The first-order chi connectivity index (χ1) is 10.0. The number of aliphatic imine (C=N–C) groups is 1. The summed E-state index contributed by atoms with van der Waals surface area (Å²) in [6, 6.07) is 9.36. The van der Waals surface area contributed by atoms with Gasteiger partial charge in [0.05, 0.1) is 19.4 Å². The van der Waals surface area contributed by atoms with Crippen molar-refractivity contribution >= 4 is 17.7 Å². The predicted molar refractivity (Wildman–Crippen MR) is 78.1 cm³/mol. The Morgan fingerprint density at radius 3 is 2.57 bits per heavy atom. The highest BCUT2D eigenvalue weighted by atomic mass is 16.5. The van der Waals surface area contributed by atoms with Gasteiger partial charge in [0.25, 0.3) is 0 Å². The molecule has 1 heterocycles. The average molecular weight is 289 g/mol. The Hall–Kier alpha value is -2.17. The van der Waals surface area contributed by atoms with Gasteiger partial charge in [0.15, 0.2) is 5.54 Å². The molecule has 0 aliphatic carbocycles. The number of benzene rings is 1. The van der Waals surface area contributed by atoms with E-state index in [0.717, 1.165) is 5.56 Å². The summed E-state index contributed by atoms with van der Waals surface area (Å²) >= 11 is 0. The number of carbonyl (C=O) groups is 2. The maximum absolute atomic E-state index is 12.2. The zero-order valence-electron chi connectivity index (χ0n) is 12.5. The van der Waals surface area contributed by atoms with Crippen LogP contribution in [0.5, 0.6) is 0 Å². The zero-order valence-corrected chi connectivity index (χ0v) is 12.5. The van der Waals surface area contributed by atoms with E-state index in [-0.39, 0.29) is 12.4 Å². The van der Waals surface area contributed by atoms with E-state index in [1.54, 1.807) is 13.8 Å². The van der Waals surface area contributed by atoms with Gasteiger partial charge in [-0.15, -0.1) is 0 Å². The van der Waals surface area contributed by atoms with Crippen molar-refractivity contribution in [2.45, 2.75) is 25.8 Å². The Bertz CT molecular complexity index is 567. The Balaban J connectivity index is 2.41. The van der Waals surface area contributed by atoms with Crippen molar-refractivity contribution in [3.63, 3.8) is 0 Å². The van der Waals surface area contributed by atoms with Gasteiger partial charge in [0.2, 0.25) is 0 Å². The number of carbonyl (C=O) groups excluding carboxylic acids is 2. The molecule has 0 spiro atoms. The lowest BCUT2D eigenvalue weighted by molar-refractivity contribution is -0.148. The van der Waals surface area contributed by atoms with Crippen LogP contribution < -0.4 is 0 Å². The first kappa shape index (κ1) is 15.2. The predicted octanol–water partition coefficient (Wildman–Crippen LogP) is 1.99. The van der Waals surface area contributed by atoms with Crippen molar-refractivity contribution < 1.29 is 19.1 Å². The molecular formula is C16H19NO4. The first-order valence-electron chi connectivity index (χ1n) is 6.92. The van der Waals surface area contributed by atoms with Crippen LogP contribution in [0.25, 0.3) is 0 Å². The van der Waals surface area contributed by atoms with E-state index in [1.165, 1.54) is 7.11 Å². The monoisotopic (exact) mass is 289 g/mol. The second-order valence-electron chi connectivity index (χ2n) is 5.14. The summed E-state index contributed by atoms with van der Waals surface area (Å²) in [5.41, 5.74) is 0.363. The fourth-order valence-electron chi connectivity index (χ4n) is 2.54. The lowest BCUT2D eigenvalue weighted by Crippen LogP contribution is -2.34. The van der Waals surface area contributed by atoms with Gasteiger partial charge in [-0.3, -0.25) is 9.79 Å². The molecule has 0 N–H and O–H groups in total. The summed E-state index contributed by atoms with van der Waals surface area (Å²) in [5, 5.41) is 0. The van der Waals surface area contributed by atoms with Gasteiger partial charge >= 0.3 is 11.9 Å². The average Bonchev–Trinajstić information content (AvgIpc) is 2.87. The molecule has 112 valence electrons. The molecule has 0 fully saturated rings. The van der Waals surface area contributed by atoms with Crippen LogP contribution in [-0.2, 0) is 19.1 Å². The van der Waals surface area contributed by atoms with Gasteiger partial charge in [-0.05, 0) is 19.4 Å². The number of esters is 2. The highest BCUT2D eigenvalue weighted by molar-refractivity contribution is 6.14.